The van der Waals surface area contributed by atoms with E-state index in [0.717, 1.165) is 0 Å². The van der Waals surface area contributed by atoms with Gasteiger partial charge in [0.05, 0.1) is 4.11 Å². The molecule has 1 rings (SSSR count). The highest BCUT2D eigenvalue weighted by molar-refractivity contribution is 9.10. The van der Waals surface area contributed by atoms with E-state index in [1.165, 1.54) is 0 Å². The predicted octanol–water partition coefficient (Wildman–Crippen LogP) is 4.87. The number of hydrogen-bond donors (Lipinski definition) is 0. The zero-order valence-electron chi connectivity index (χ0n) is 25.9. The van der Waals surface area contributed by atoms with Crippen molar-refractivity contribution in [2.75, 3.05) is 0 Å². The molecule has 0 aliphatic rings. The van der Waals surface area contributed by atoms with Gasteiger partial charge < -0.3 is 0 Å². The number of benzene rings is 1. The molecule has 0 nitrogen and oxygen atoms in total. The van der Waals surface area contributed by atoms with Crippen molar-refractivity contribution < 1.29 is 26.0 Å². The zero-order chi connectivity index (χ0) is 27.0. The molecule has 0 fully saturated rings. The minimum atomic E-state index is -3.96. The summed E-state index contributed by atoms with van der Waals surface area (Å²) in [5.74, 6) is -3.77. The lowest BCUT2D eigenvalue weighted by atomic mass is 9.85. The maximum Gasteiger partial charge on any atom is 0.0638 e. The Bertz CT molecular complexity index is 859. The molecule has 0 bridgehead atoms. The van der Waals surface area contributed by atoms with Crippen LogP contribution in [-0.2, 0) is 5.41 Å². The summed E-state index contributed by atoms with van der Waals surface area (Å²) in [4.78, 5) is 0. The van der Waals surface area contributed by atoms with E-state index in [1.54, 1.807) is 0 Å². The highest BCUT2D eigenvalue weighted by Gasteiger charge is 2.15. The molecule has 0 heterocycles. The van der Waals surface area contributed by atoms with Gasteiger partial charge in [-0.25, -0.2) is 0 Å². The Balaban J connectivity index is 4.66. The summed E-state index contributed by atoms with van der Waals surface area (Å²) in [6.07, 6.45) is 0. The van der Waals surface area contributed by atoms with Gasteiger partial charge in [-0.3, -0.25) is 0 Å². The molecule has 0 unspecified atom stereocenters. The van der Waals surface area contributed by atoms with Crippen molar-refractivity contribution in [3.63, 3.8) is 0 Å². The Kier molecular flexibility index (Phi) is 0.599. The van der Waals surface area contributed by atoms with Crippen LogP contribution < -0.4 is 0 Å². The fourth-order valence-corrected chi connectivity index (χ4v) is 1.15. The summed E-state index contributed by atoms with van der Waals surface area (Å²) in [5.41, 5.74) is -6.95. The van der Waals surface area contributed by atoms with Crippen LogP contribution >= 0.6 is 15.9 Å². The van der Waals surface area contributed by atoms with E-state index in [0.29, 0.717) is 0 Å². The van der Waals surface area contributed by atoms with E-state index < -0.39 is 79.3 Å². The summed E-state index contributed by atoms with van der Waals surface area (Å²) in [5, 5.41) is 0. The molecule has 0 spiro atoms. The molecule has 78 valence electrons. The third-order valence-electron chi connectivity index (χ3n) is 1.34. The van der Waals surface area contributed by atoms with Crippen LogP contribution in [0.2, 0.25) is 0 Å². The van der Waals surface area contributed by atoms with Gasteiger partial charge >= 0.3 is 0 Å². The molecule has 0 saturated heterocycles. The molecule has 0 atom stereocenters. The maximum absolute atomic E-state index is 8.41. The lowest BCUT2D eigenvalue weighted by molar-refractivity contribution is 0.588. The SMILES string of the molecule is [2H]c1c(Br)c([2H])c(C(C([2H])([2H])[2H])(C([2H])([2H])[2H])C([2H])([2H])[2H])c([2H])c1C([2H])(C([2H])([2H])[2H])C([2H])([2H])[2H]. The van der Waals surface area contributed by atoms with Crippen molar-refractivity contribution in [3.8, 4) is 0 Å². The average molecular weight is 274 g/mol. The first kappa shape index (κ1) is 2.07. The molecular formula is C13H19Br. The molecule has 0 N–H and O–H groups in total. The van der Waals surface area contributed by atoms with E-state index in [9.17, 15) is 0 Å². The summed E-state index contributed by atoms with van der Waals surface area (Å²) in [6.45, 7) is -19.4. The van der Waals surface area contributed by atoms with Crippen LogP contribution in [0.5, 0.6) is 0 Å². The minimum Gasteiger partial charge on any atom is -0.0587 e. The number of hydrogen-bond acceptors (Lipinski definition) is 0. The molecule has 0 radical (unpaired) electrons. The Labute approximate surface area is 123 Å². The van der Waals surface area contributed by atoms with Crippen LogP contribution in [0.25, 0.3) is 0 Å². The van der Waals surface area contributed by atoms with Crippen LogP contribution in [-0.4, -0.2) is 0 Å². The molecule has 0 amide bonds. The summed E-state index contributed by atoms with van der Waals surface area (Å²) in [6, 6.07) is -4.03. The summed E-state index contributed by atoms with van der Waals surface area (Å²) in [7, 11) is 0. The Hall–Kier alpha value is -0.300. The monoisotopic (exact) mass is 273 g/mol. The van der Waals surface area contributed by atoms with Crippen molar-refractivity contribution in [2.45, 2.75) is 45.6 Å². The molecule has 0 aromatic heterocycles. The summed E-state index contributed by atoms with van der Waals surface area (Å²) < 4.78 is 148. The van der Waals surface area contributed by atoms with Crippen LogP contribution in [0.1, 0.15) is 77.3 Å². The Morgan fingerprint density at radius 2 is 2.07 bits per heavy atom. The standard InChI is InChI=1S/C13H19Br/c1-9(2)10-6-11(13(3,4)5)8-12(14)7-10/h6-9H,1-5H3/i1D3,2D3,3D3,4D3,5D3,6D,7D,8D,9D. The zero-order valence-corrected chi connectivity index (χ0v) is 8.46. The first-order valence-corrected chi connectivity index (χ1v) is 4.23. The Morgan fingerprint density at radius 1 is 1.36 bits per heavy atom. The molecule has 14 heavy (non-hydrogen) atoms. The van der Waals surface area contributed by atoms with Gasteiger partial charge in [-0.05, 0) is 34.5 Å². The van der Waals surface area contributed by atoms with Crippen molar-refractivity contribution in [3.05, 3.63) is 33.7 Å². The van der Waals surface area contributed by atoms with Gasteiger partial charge in [0.25, 0.3) is 0 Å². The van der Waals surface area contributed by atoms with Gasteiger partial charge in [-0.15, -0.1) is 0 Å². The first-order valence-electron chi connectivity index (χ1n) is 12.9. The predicted molar refractivity (Wildman–Crippen MR) is 66.9 cm³/mol. The maximum atomic E-state index is 8.41. The smallest absolute Gasteiger partial charge is 0.0587 e. The second kappa shape index (κ2) is 4.06. The van der Waals surface area contributed by atoms with Crippen molar-refractivity contribution in [1.82, 2.24) is 0 Å². The Morgan fingerprint density at radius 3 is 2.64 bits per heavy atom. The largest absolute Gasteiger partial charge is 0.0638 e. The quantitative estimate of drug-likeness (QED) is 0.685. The van der Waals surface area contributed by atoms with E-state index in [2.05, 4.69) is 15.9 Å². The van der Waals surface area contributed by atoms with Gasteiger partial charge in [0.2, 0.25) is 0 Å². The minimum absolute atomic E-state index is 0.865. The van der Waals surface area contributed by atoms with Gasteiger partial charge in [0, 0.05) is 26.4 Å². The van der Waals surface area contributed by atoms with E-state index in [-0.39, 0.29) is 0 Å². The lowest BCUT2D eigenvalue weighted by Crippen LogP contribution is -2.11. The second-order valence-electron chi connectivity index (χ2n) is 2.56. The fourth-order valence-electron chi connectivity index (χ4n) is 0.751. The average Bonchev–Trinajstić information content (AvgIpc) is 2.50. The van der Waals surface area contributed by atoms with E-state index >= 15 is 0 Å². The number of halogens is 1. The van der Waals surface area contributed by atoms with Crippen LogP contribution in [0.4, 0.5) is 0 Å². The molecule has 0 saturated carbocycles. The molecule has 0 aliphatic carbocycles. The summed E-state index contributed by atoms with van der Waals surface area (Å²) >= 11 is 2.67. The van der Waals surface area contributed by atoms with E-state index in [1.807, 2.05) is 0 Å². The third-order valence-corrected chi connectivity index (χ3v) is 1.74. The number of rotatable bonds is 1. The van der Waals surface area contributed by atoms with E-state index in [4.69, 9.17) is 26.0 Å². The normalized spacial score (nSPS) is 37.4. The topological polar surface area (TPSA) is 0 Å². The van der Waals surface area contributed by atoms with Crippen molar-refractivity contribution in [1.29, 1.82) is 0 Å². The van der Waals surface area contributed by atoms with Gasteiger partial charge in [0.1, 0.15) is 0 Å². The van der Waals surface area contributed by atoms with Crippen molar-refractivity contribution >= 4 is 15.9 Å². The highest BCUT2D eigenvalue weighted by Crippen LogP contribution is 2.29. The second-order valence-corrected chi connectivity index (χ2v) is 3.36. The van der Waals surface area contributed by atoms with Gasteiger partial charge in [-0.2, -0.15) is 0 Å². The van der Waals surface area contributed by atoms with Gasteiger partial charge in [-0.1, -0.05) is 56.2 Å². The van der Waals surface area contributed by atoms with Crippen LogP contribution in [0.3, 0.4) is 0 Å². The van der Waals surface area contributed by atoms with Crippen LogP contribution in [0.15, 0.2) is 22.6 Å². The molecule has 1 aromatic rings. The molecule has 1 aromatic carbocycles. The first-order chi connectivity index (χ1) is 14.1. The fraction of sp³-hybridized carbons (Fsp3) is 0.538. The lowest BCUT2D eigenvalue weighted by Gasteiger charge is -2.21. The highest BCUT2D eigenvalue weighted by atomic mass is 79.9. The third kappa shape index (κ3) is 2.84. The molecule has 0 aliphatic heterocycles. The van der Waals surface area contributed by atoms with Crippen LogP contribution in [0, 0.1) is 0 Å². The van der Waals surface area contributed by atoms with Gasteiger partial charge in [0.15, 0.2) is 0 Å². The molecule has 1 heteroatoms. The van der Waals surface area contributed by atoms with Crippen molar-refractivity contribution in [2.24, 2.45) is 0 Å². The molecular weight excluding hydrogens is 236 g/mol.